The molecule has 0 saturated carbocycles. The summed E-state index contributed by atoms with van der Waals surface area (Å²) in [6.07, 6.45) is 5.07. The molecule has 0 spiro atoms. The molecule has 0 amide bonds. The average Bonchev–Trinajstić information content (AvgIpc) is 2.60. The highest BCUT2D eigenvalue weighted by Gasteiger charge is 2.36. The fraction of sp³-hybridized carbons (Fsp3) is 1.00. The highest BCUT2D eigenvalue weighted by Crippen LogP contribution is 2.29. The van der Waals surface area contributed by atoms with Gasteiger partial charge in [-0.15, -0.1) is 0 Å². The molecule has 1 fully saturated rings. The number of hydrogen-bond donors (Lipinski definition) is 1. The molecule has 0 bridgehead atoms. The Morgan fingerprint density at radius 2 is 1.95 bits per heavy atom. The maximum atomic E-state index is 6.22. The molecule has 0 aromatic rings. The number of likely N-dealkylation sites (tertiary alicyclic amines) is 1. The van der Waals surface area contributed by atoms with Gasteiger partial charge in [0, 0.05) is 18.6 Å². The third kappa shape index (κ3) is 4.73. The minimum absolute atomic E-state index is 0.251. The second kappa shape index (κ2) is 8.23. The van der Waals surface area contributed by atoms with Gasteiger partial charge in [0.1, 0.15) is 0 Å². The summed E-state index contributed by atoms with van der Waals surface area (Å²) < 4.78 is 0. The standard InChI is InChI=1S/C16H35N3/c1-5-10-18-11-7-8-16(14-17,9-12-18)19(6-2)13-15(3)4/h15H,5-14,17H2,1-4H3. The molecule has 3 nitrogen and oxygen atoms in total. The largest absolute Gasteiger partial charge is 0.329 e. The Morgan fingerprint density at radius 1 is 1.21 bits per heavy atom. The lowest BCUT2D eigenvalue weighted by Gasteiger charge is -2.43. The van der Waals surface area contributed by atoms with Gasteiger partial charge in [-0.25, -0.2) is 0 Å². The van der Waals surface area contributed by atoms with Crippen LogP contribution in [0, 0.1) is 5.92 Å². The summed E-state index contributed by atoms with van der Waals surface area (Å²) in [5.41, 5.74) is 6.47. The van der Waals surface area contributed by atoms with Gasteiger partial charge in [0.2, 0.25) is 0 Å². The first kappa shape index (κ1) is 16.9. The van der Waals surface area contributed by atoms with Crippen molar-refractivity contribution in [3.8, 4) is 0 Å². The topological polar surface area (TPSA) is 32.5 Å². The maximum Gasteiger partial charge on any atom is 0.0344 e. The van der Waals surface area contributed by atoms with E-state index in [1.54, 1.807) is 0 Å². The summed E-state index contributed by atoms with van der Waals surface area (Å²) in [5, 5.41) is 0. The van der Waals surface area contributed by atoms with E-state index < -0.39 is 0 Å². The van der Waals surface area contributed by atoms with Gasteiger partial charge in [-0.1, -0.05) is 27.7 Å². The summed E-state index contributed by atoms with van der Waals surface area (Å²) in [4.78, 5) is 5.29. The monoisotopic (exact) mass is 269 g/mol. The number of rotatable bonds is 7. The van der Waals surface area contributed by atoms with Crippen molar-refractivity contribution in [3.05, 3.63) is 0 Å². The molecule has 1 aliphatic heterocycles. The Morgan fingerprint density at radius 3 is 2.47 bits per heavy atom. The molecule has 1 heterocycles. The van der Waals surface area contributed by atoms with Crippen LogP contribution in [0.3, 0.4) is 0 Å². The zero-order valence-electron chi connectivity index (χ0n) is 13.6. The first-order valence-corrected chi connectivity index (χ1v) is 8.25. The molecular weight excluding hydrogens is 234 g/mol. The fourth-order valence-electron chi connectivity index (χ4n) is 3.52. The van der Waals surface area contributed by atoms with Crippen molar-refractivity contribution >= 4 is 0 Å². The van der Waals surface area contributed by atoms with Gasteiger partial charge >= 0.3 is 0 Å². The van der Waals surface area contributed by atoms with E-state index in [4.69, 9.17) is 5.73 Å². The second-order valence-electron chi connectivity index (χ2n) is 6.56. The van der Waals surface area contributed by atoms with Crippen molar-refractivity contribution < 1.29 is 0 Å². The third-order valence-electron chi connectivity index (χ3n) is 4.57. The molecule has 114 valence electrons. The molecule has 0 radical (unpaired) electrons. The van der Waals surface area contributed by atoms with E-state index >= 15 is 0 Å². The normalized spacial score (nSPS) is 26.1. The zero-order valence-corrected chi connectivity index (χ0v) is 13.6. The zero-order chi connectivity index (χ0) is 14.3. The maximum absolute atomic E-state index is 6.22. The van der Waals surface area contributed by atoms with Crippen molar-refractivity contribution in [2.24, 2.45) is 11.7 Å². The average molecular weight is 269 g/mol. The lowest BCUT2D eigenvalue weighted by Crippen LogP contribution is -2.55. The summed E-state index contributed by atoms with van der Waals surface area (Å²) in [6.45, 7) is 16.0. The van der Waals surface area contributed by atoms with Crippen LogP contribution in [0.15, 0.2) is 0 Å². The molecule has 19 heavy (non-hydrogen) atoms. The molecule has 3 heteroatoms. The highest BCUT2D eigenvalue weighted by molar-refractivity contribution is 4.94. The molecule has 2 N–H and O–H groups in total. The van der Waals surface area contributed by atoms with Crippen molar-refractivity contribution in [3.63, 3.8) is 0 Å². The molecule has 0 aliphatic carbocycles. The van der Waals surface area contributed by atoms with Gasteiger partial charge < -0.3 is 10.6 Å². The first-order valence-electron chi connectivity index (χ1n) is 8.25. The van der Waals surface area contributed by atoms with Crippen molar-refractivity contribution in [2.45, 2.75) is 58.9 Å². The molecule has 0 aromatic carbocycles. The molecule has 1 aliphatic rings. The summed E-state index contributed by atoms with van der Waals surface area (Å²) >= 11 is 0. The Hall–Kier alpha value is -0.120. The Labute approximate surface area is 120 Å². The summed E-state index contributed by atoms with van der Waals surface area (Å²) in [7, 11) is 0. The van der Waals surface area contributed by atoms with Crippen LogP contribution >= 0.6 is 0 Å². The van der Waals surface area contributed by atoms with E-state index in [1.807, 2.05) is 0 Å². The van der Waals surface area contributed by atoms with E-state index in [0.29, 0.717) is 0 Å². The summed E-state index contributed by atoms with van der Waals surface area (Å²) in [6, 6.07) is 0. The van der Waals surface area contributed by atoms with Gasteiger partial charge in [0.05, 0.1) is 0 Å². The van der Waals surface area contributed by atoms with Gasteiger partial charge in [-0.3, -0.25) is 4.90 Å². The number of likely N-dealkylation sites (N-methyl/N-ethyl adjacent to an activating group) is 1. The van der Waals surface area contributed by atoms with Crippen LogP contribution in [0.2, 0.25) is 0 Å². The predicted molar refractivity (Wildman–Crippen MR) is 84.5 cm³/mol. The SMILES string of the molecule is CCCN1CCCC(CN)(N(CC)CC(C)C)CC1. The number of nitrogens with two attached hydrogens (primary N) is 1. The Bertz CT molecular complexity index is 242. The molecule has 1 saturated heterocycles. The van der Waals surface area contributed by atoms with Gasteiger partial charge in [-0.2, -0.15) is 0 Å². The van der Waals surface area contributed by atoms with Gasteiger partial charge in [0.15, 0.2) is 0 Å². The fourth-order valence-corrected chi connectivity index (χ4v) is 3.52. The van der Waals surface area contributed by atoms with Crippen LogP contribution in [0.5, 0.6) is 0 Å². The van der Waals surface area contributed by atoms with E-state index in [-0.39, 0.29) is 5.54 Å². The lowest BCUT2D eigenvalue weighted by molar-refractivity contribution is 0.0713. The van der Waals surface area contributed by atoms with Gasteiger partial charge in [-0.05, 0) is 57.8 Å². The van der Waals surface area contributed by atoms with E-state index in [1.165, 1.54) is 51.9 Å². The predicted octanol–water partition coefficient (Wildman–Crippen LogP) is 2.56. The summed E-state index contributed by atoms with van der Waals surface area (Å²) in [5.74, 6) is 0.721. The van der Waals surface area contributed by atoms with Crippen molar-refractivity contribution in [2.75, 3.05) is 39.3 Å². The Balaban J connectivity index is 2.72. The molecule has 1 rings (SSSR count). The minimum Gasteiger partial charge on any atom is -0.329 e. The number of nitrogens with zero attached hydrogens (tertiary/aromatic N) is 2. The molecule has 1 unspecified atom stereocenters. The lowest BCUT2D eigenvalue weighted by atomic mass is 9.87. The Kier molecular flexibility index (Phi) is 7.33. The molecule has 1 atom stereocenters. The minimum atomic E-state index is 0.251. The highest BCUT2D eigenvalue weighted by atomic mass is 15.2. The van der Waals surface area contributed by atoms with Crippen molar-refractivity contribution in [1.29, 1.82) is 0 Å². The van der Waals surface area contributed by atoms with E-state index in [0.717, 1.165) is 19.0 Å². The van der Waals surface area contributed by atoms with Gasteiger partial charge in [0.25, 0.3) is 0 Å². The van der Waals surface area contributed by atoms with E-state index in [2.05, 4.69) is 37.5 Å². The van der Waals surface area contributed by atoms with Crippen molar-refractivity contribution in [1.82, 2.24) is 9.80 Å². The van der Waals surface area contributed by atoms with Crippen LogP contribution in [0.25, 0.3) is 0 Å². The van der Waals surface area contributed by atoms with Crippen LogP contribution in [0.1, 0.15) is 53.4 Å². The molecular formula is C16H35N3. The third-order valence-corrected chi connectivity index (χ3v) is 4.57. The van der Waals surface area contributed by atoms with Crippen LogP contribution in [0.4, 0.5) is 0 Å². The second-order valence-corrected chi connectivity index (χ2v) is 6.56. The molecule has 0 aromatic heterocycles. The quantitative estimate of drug-likeness (QED) is 0.771. The van der Waals surface area contributed by atoms with Crippen LogP contribution < -0.4 is 5.73 Å². The van der Waals surface area contributed by atoms with E-state index in [9.17, 15) is 0 Å². The number of hydrogen-bond acceptors (Lipinski definition) is 3. The first-order chi connectivity index (χ1) is 9.07. The van der Waals surface area contributed by atoms with Crippen LogP contribution in [-0.4, -0.2) is 54.6 Å². The smallest absolute Gasteiger partial charge is 0.0344 e. The van der Waals surface area contributed by atoms with Crippen LogP contribution in [-0.2, 0) is 0 Å².